The van der Waals surface area contributed by atoms with Crippen LogP contribution in [0.15, 0.2) is 24.3 Å². The lowest BCUT2D eigenvalue weighted by atomic mass is 10.1. The maximum atomic E-state index is 8.63. The molecule has 0 unspecified atom stereocenters. The van der Waals surface area contributed by atoms with Crippen molar-refractivity contribution in [3.8, 4) is 6.07 Å². The summed E-state index contributed by atoms with van der Waals surface area (Å²) in [5, 5.41) is 8.63. The third-order valence-electron chi connectivity index (χ3n) is 2.14. The van der Waals surface area contributed by atoms with Gasteiger partial charge in [0.2, 0.25) is 0 Å². The Kier molecular flexibility index (Phi) is 2.78. The van der Waals surface area contributed by atoms with Gasteiger partial charge >= 0.3 is 0 Å². The minimum absolute atomic E-state index is 0.253. The first-order valence-electron chi connectivity index (χ1n) is 4.63. The summed E-state index contributed by atoms with van der Waals surface area (Å²) in [6, 6.07) is 9.36. The number of nitriles is 1. The molecule has 3 nitrogen and oxygen atoms in total. The van der Waals surface area contributed by atoms with E-state index in [0.29, 0.717) is 5.56 Å². The molecule has 0 spiro atoms. The predicted molar refractivity (Wildman–Crippen MR) is 50.4 cm³/mol. The van der Waals surface area contributed by atoms with Gasteiger partial charge in [0.15, 0.2) is 6.29 Å². The third-order valence-corrected chi connectivity index (χ3v) is 2.14. The van der Waals surface area contributed by atoms with Gasteiger partial charge in [-0.2, -0.15) is 5.26 Å². The molecule has 2 rings (SSSR count). The summed E-state index contributed by atoms with van der Waals surface area (Å²) < 4.78 is 10.9. The molecule has 14 heavy (non-hydrogen) atoms. The van der Waals surface area contributed by atoms with Crippen LogP contribution in [0, 0.1) is 11.3 Å². The molecule has 0 N–H and O–H groups in total. The molecule has 0 bridgehead atoms. The lowest BCUT2D eigenvalue weighted by Gasteiger charge is -2.23. The van der Waals surface area contributed by atoms with E-state index < -0.39 is 0 Å². The normalized spacial score (nSPS) is 17.6. The van der Waals surface area contributed by atoms with E-state index in [0.717, 1.165) is 25.2 Å². The summed E-state index contributed by atoms with van der Waals surface area (Å²) in [6.45, 7) is 1.48. The van der Waals surface area contributed by atoms with Crippen LogP contribution in [0.4, 0.5) is 0 Å². The van der Waals surface area contributed by atoms with Crippen LogP contribution >= 0.6 is 0 Å². The lowest BCUT2D eigenvalue weighted by Crippen LogP contribution is -2.17. The van der Waals surface area contributed by atoms with Gasteiger partial charge in [-0.25, -0.2) is 0 Å². The highest BCUT2D eigenvalue weighted by Crippen LogP contribution is 2.22. The molecule has 3 heteroatoms. The predicted octanol–water partition coefficient (Wildman–Crippen LogP) is 1.99. The van der Waals surface area contributed by atoms with Crippen molar-refractivity contribution in [3.05, 3.63) is 35.4 Å². The van der Waals surface area contributed by atoms with Crippen molar-refractivity contribution in [2.45, 2.75) is 12.7 Å². The first-order valence-corrected chi connectivity index (χ1v) is 4.63. The fourth-order valence-electron chi connectivity index (χ4n) is 1.40. The first-order chi connectivity index (χ1) is 6.90. The van der Waals surface area contributed by atoms with Crippen LogP contribution in [-0.4, -0.2) is 13.2 Å². The van der Waals surface area contributed by atoms with Gasteiger partial charge in [0.05, 0.1) is 24.8 Å². The standard InChI is InChI=1S/C11H11NO2/c12-8-9-2-4-10(5-3-9)11-13-6-1-7-14-11/h2-5,11H,1,6-7H2. The Bertz CT molecular complexity index is 333. The highest BCUT2D eigenvalue weighted by Gasteiger charge is 2.15. The number of nitrogens with zero attached hydrogens (tertiary/aromatic N) is 1. The topological polar surface area (TPSA) is 42.2 Å². The van der Waals surface area contributed by atoms with Crippen LogP contribution in [0.3, 0.4) is 0 Å². The van der Waals surface area contributed by atoms with Crippen LogP contribution < -0.4 is 0 Å². The molecular formula is C11H11NO2. The monoisotopic (exact) mass is 189 g/mol. The van der Waals surface area contributed by atoms with E-state index in [1.807, 2.05) is 12.1 Å². The molecule has 0 saturated carbocycles. The molecule has 1 aliphatic heterocycles. The third kappa shape index (κ3) is 1.92. The van der Waals surface area contributed by atoms with Crippen molar-refractivity contribution in [1.29, 1.82) is 5.26 Å². The van der Waals surface area contributed by atoms with Gasteiger partial charge in [-0.15, -0.1) is 0 Å². The van der Waals surface area contributed by atoms with Crippen molar-refractivity contribution in [3.63, 3.8) is 0 Å². The summed E-state index contributed by atoms with van der Waals surface area (Å²) in [4.78, 5) is 0. The van der Waals surface area contributed by atoms with E-state index >= 15 is 0 Å². The molecule has 0 aromatic heterocycles. The molecular weight excluding hydrogens is 178 g/mol. The van der Waals surface area contributed by atoms with E-state index in [4.69, 9.17) is 14.7 Å². The second-order valence-electron chi connectivity index (χ2n) is 3.16. The highest BCUT2D eigenvalue weighted by atomic mass is 16.7. The molecule has 1 heterocycles. The van der Waals surface area contributed by atoms with E-state index in [2.05, 4.69) is 6.07 Å². The van der Waals surface area contributed by atoms with Gasteiger partial charge < -0.3 is 9.47 Å². The molecule has 1 aliphatic rings. The minimum Gasteiger partial charge on any atom is -0.348 e. The average Bonchev–Trinajstić information content (AvgIpc) is 2.30. The summed E-state index contributed by atoms with van der Waals surface area (Å²) in [7, 11) is 0. The highest BCUT2D eigenvalue weighted by molar-refractivity contribution is 5.32. The van der Waals surface area contributed by atoms with Crippen LogP contribution in [-0.2, 0) is 9.47 Å². The zero-order chi connectivity index (χ0) is 9.80. The van der Waals surface area contributed by atoms with E-state index in [1.54, 1.807) is 12.1 Å². The maximum Gasteiger partial charge on any atom is 0.183 e. The Hall–Kier alpha value is -1.37. The molecule has 0 aliphatic carbocycles. The van der Waals surface area contributed by atoms with Crippen molar-refractivity contribution >= 4 is 0 Å². The largest absolute Gasteiger partial charge is 0.348 e. The fraction of sp³-hybridized carbons (Fsp3) is 0.364. The van der Waals surface area contributed by atoms with Crippen LogP contribution in [0.1, 0.15) is 23.8 Å². The van der Waals surface area contributed by atoms with Crippen LogP contribution in [0.25, 0.3) is 0 Å². The smallest absolute Gasteiger partial charge is 0.183 e. The van der Waals surface area contributed by atoms with Gasteiger partial charge in [-0.05, 0) is 18.6 Å². The Labute approximate surface area is 82.9 Å². The summed E-state index contributed by atoms with van der Waals surface area (Å²) >= 11 is 0. The lowest BCUT2D eigenvalue weighted by molar-refractivity contribution is -0.183. The molecule has 1 fully saturated rings. The van der Waals surface area contributed by atoms with Crippen molar-refractivity contribution in [2.75, 3.05) is 13.2 Å². The molecule has 1 aromatic rings. The Morgan fingerprint density at radius 2 is 1.79 bits per heavy atom. The molecule has 1 saturated heterocycles. The summed E-state index contributed by atoms with van der Waals surface area (Å²) in [5.41, 5.74) is 1.63. The Morgan fingerprint density at radius 3 is 2.36 bits per heavy atom. The zero-order valence-electron chi connectivity index (χ0n) is 7.77. The first kappa shape index (κ1) is 9.20. The van der Waals surface area contributed by atoms with Crippen molar-refractivity contribution in [2.24, 2.45) is 0 Å². The summed E-state index contributed by atoms with van der Waals surface area (Å²) in [5.74, 6) is 0. The number of hydrogen-bond acceptors (Lipinski definition) is 3. The van der Waals surface area contributed by atoms with Gasteiger partial charge in [0, 0.05) is 5.56 Å². The van der Waals surface area contributed by atoms with Crippen LogP contribution in [0.5, 0.6) is 0 Å². The van der Waals surface area contributed by atoms with Gasteiger partial charge in [-0.3, -0.25) is 0 Å². The SMILES string of the molecule is N#Cc1ccc(C2OCCCO2)cc1. The zero-order valence-corrected chi connectivity index (χ0v) is 7.77. The quantitative estimate of drug-likeness (QED) is 0.678. The average molecular weight is 189 g/mol. The van der Waals surface area contributed by atoms with Crippen molar-refractivity contribution in [1.82, 2.24) is 0 Å². The fourth-order valence-corrected chi connectivity index (χ4v) is 1.40. The summed E-state index contributed by atoms with van der Waals surface area (Å²) in [6.07, 6.45) is 0.698. The second-order valence-corrected chi connectivity index (χ2v) is 3.16. The Morgan fingerprint density at radius 1 is 1.14 bits per heavy atom. The van der Waals surface area contributed by atoms with Crippen molar-refractivity contribution < 1.29 is 9.47 Å². The molecule has 1 aromatic carbocycles. The minimum atomic E-state index is -0.253. The molecule has 0 radical (unpaired) electrons. The number of benzene rings is 1. The molecule has 0 atom stereocenters. The van der Waals surface area contributed by atoms with Crippen LogP contribution in [0.2, 0.25) is 0 Å². The van der Waals surface area contributed by atoms with Gasteiger partial charge in [0.25, 0.3) is 0 Å². The van der Waals surface area contributed by atoms with E-state index in [-0.39, 0.29) is 6.29 Å². The number of ether oxygens (including phenoxy) is 2. The van der Waals surface area contributed by atoms with Gasteiger partial charge in [0.1, 0.15) is 0 Å². The number of hydrogen-bond donors (Lipinski definition) is 0. The number of rotatable bonds is 1. The van der Waals surface area contributed by atoms with E-state index in [1.165, 1.54) is 0 Å². The Balaban J connectivity index is 2.12. The molecule has 72 valence electrons. The molecule has 0 amide bonds. The van der Waals surface area contributed by atoms with E-state index in [9.17, 15) is 0 Å². The second kappa shape index (κ2) is 4.23. The van der Waals surface area contributed by atoms with Gasteiger partial charge in [-0.1, -0.05) is 12.1 Å². The maximum absolute atomic E-state index is 8.63.